The van der Waals surface area contributed by atoms with E-state index in [-0.39, 0.29) is 0 Å². The van der Waals surface area contributed by atoms with E-state index in [2.05, 4.69) is 31.3 Å². The first-order valence-corrected chi connectivity index (χ1v) is 9.72. The van der Waals surface area contributed by atoms with Gasteiger partial charge in [-0.15, -0.1) is 0 Å². The zero-order valence-electron chi connectivity index (χ0n) is 14.6. The summed E-state index contributed by atoms with van der Waals surface area (Å²) in [4.78, 5) is 0. The molecule has 0 saturated heterocycles. The number of benzene rings is 1. The molecular weight excluding hydrogens is 282 g/mol. The maximum absolute atomic E-state index is 10.1. The van der Waals surface area contributed by atoms with Crippen LogP contribution in [0.3, 0.4) is 0 Å². The van der Waals surface area contributed by atoms with E-state index >= 15 is 0 Å². The molecule has 2 bridgehead atoms. The fourth-order valence-corrected chi connectivity index (χ4v) is 6.01. The number of fused-ring (bicyclic) bond motifs is 1. The van der Waals surface area contributed by atoms with E-state index in [1.165, 1.54) is 62.5 Å². The van der Waals surface area contributed by atoms with Gasteiger partial charge in [-0.1, -0.05) is 25.8 Å². The molecule has 2 saturated carbocycles. The van der Waals surface area contributed by atoms with E-state index in [4.69, 9.17) is 0 Å². The van der Waals surface area contributed by atoms with Crippen molar-refractivity contribution >= 4 is 0 Å². The van der Waals surface area contributed by atoms with Crippen LogP contribution in [0.25, 0.3) is 0 Å². The van der Waals surface area contributed by atoms with Gasteiger partial charge in [0.15, 0.2) is 0 Å². The third kappa shape index (κ3) is 2.41. The van der Waals surface area contributed by atoms with Crippen LogP contribution in [0, 0.1) is 11.8 Å². The Kier molecular flexibility index (Phi) is 3.91. The van der Waals surface area contributed by atoms with Crippen LogP contribution in [0.4, 0.5) is 0 Å². The fraction of sp³-hybridized carbons (Fsp3) is 0.714. The third-order valence-electron chi connectivity index (χ3n) is 7.23. The summed E-state index contributed by atoms with van der Waals surface area (Å²) in [7, 11) is 0. The highest BCUT2D eigenvalue weighted by Gasteiger charge is 2.54. The average Bonchev–Trinajstić information content (AvgIpc) is 2.57. The quantitative estimate of drug-likeness (QED) is 0.858. The molecule has 1 aromatic rings. The number of rotatable bonds is 3. The summed E-state index contributed by atoms with van der Waals surface area (Å²) >= 11 is 0. The minimum atomic E-state index is 0.364. The van der Waals surface area contributed by atoms with Crippen molar-refractivity contribution in [3.05, 3.63) is 29.3 Å². The zero-order chi connectivity index (χ0) is 16.0. The molecule has 0 radical (unpaired) electrons. The number of nitrogens with one attached hydrogen (secondary N) is 1. The first-order chi connectivity index (χ1) is 11.1. The summed E-state index contributed by atoms with van der Waals surface area (Å²) in [6, 6.07) is 7.51. The van der Waals surface area contributed by atoms with Crippen LogP contribution in [0.2, 0.25) is 0 Å². The van der Waals surface area contributed by atoms with Crippen molar-refractivity contribution in [3.8, 4) is 5.75 Å². The van der Waals surface area contributed by atoms with E-state index in [0.29, 0.717) is 23.2 Å². The van der Waals surface area contributed by atoms with Crippen LogP contribution in [0.1, 0.15) is 69.9 Å². The Hall–Kier alpha value is -1.02. The molecule has 0 spiro atoms. The highest BCUT2D eigenvalue weighted by atomic mass is 16.3. The van der Waals surface area contributed by atoms with Gasteiger partial charge in [-0.05, 0) is 86.0 Å². The van der Waals surface area contributed by atoms with Gasteiger partial charge in [0.25, 0.3) is 0 Å². The molecule has 4 rings (SSSR count). The lowest BCUT2D eigenvalue weighted by Gasteiger charge is -2.58. The topological polar surface area (TPSA) is 32.3 Å². The number of phenols is 1. The Morgan fingerprint density at radius 3 is 2.96 bits per heavy atom. The number of aromatic hydroxyl groups is 1. The normalized spacial score (nSPS) is 36.9. The zero-order valence-corrected chi connectivity index (χ0v) is 14.6. The van der Waals surface area contributed by atoms with E-state index in [9.17, 15) is 5.11 Å². The summed E-state index contributed by atoms with van der Waals surface area (Å²) in [5.41, 5.74) is 3.38. The molecule has 0 aliphatic heterocycles. The molecular formula is C21H31NO. The Labute approximate surface area is 140 Å². The van der Waals surface area contributed by atoms with Gasteiger partial charge in [0.05, 0.1) is 0 Å². The first kappa shape index (κ1) is 15.5. The molecule has 2 fully saturated rings. The summed E-state index contributed by atoms with van der Waals surface area (Å²) in [6.07, 6.45) is 10.5. The van der Waals surface area contributed by atoms with E-state index in [1.54, 1.807) is 0 Å². The molecule has 23 heavy (non-hydrogen) atoms. The van der Waals surface area contributed by atoms with Crippen molar-refractivity contribution in [2.45, 2.75) is 82.7 Å². The second-order valence-electron chi connectivity index (χ2n) is 8.34. The van der Waals surface area contributed by atoms with Gasteiger partial charge in [0.1, 0.15) is 5.75 Å². The van der Waals surface area contributed by atoms with Crippen LogP contribution >= 0.6 is 0 Å². The van der Waals surface area contributed by atoms with Crippen LogP contribution in [0.5, 0.6) is 5.75 Å². The van der Waals surface area contributed by atoms with Gasteiger partial charge >= 0.3 is 0 Å². The smallest absolute Gasteiger partial charge is 0.115 e. The molecule has 2 heteroatoms. The highest BCUT2D eigenvalue weighted by Crippen LogP contribution is 2.59. The molecule has 0 amide bonds. The predicted octanol–water partition coefficient (Wildman–Crippen LogP) is 4.54. The van der Waals surface area contributed by atoms with Gasteiger partial charge in [0.2, 0.25) is 0 Å². The Morgan fingerprint density at radius 2 is 2.13 bits per heavy atom. The lowest BCUT2D eigenvalue weighted by atomic mass is 9.48. The molecule has 3 aliphatic rings. The minimum Gasteiger partial charge on any atom is -0.508 e. The van der Waals surface area contributed by atoms with Crippen molar-refractivity contribution in [1.82, 2.24) is 5.32 Å². The summed E-state index contributed by atoms with van der Waals surface area (Å²) in [5, 5.41) is 14.0. The number of hydrogen-bond donors (Lipinski definition) is 2. The molecule has 2 unspecified atom stereocenters. The molecule has 126 valence electrons. The van der Waals surface area contributed by atoms with Gasteiger partial charge in [-0.2, -0.15) is 0 Å². The molecule has 2 N–H and O–H groups in total. The van der Waals surface area contributed by atoms with Gasteiger partial charge in [0, 0.05) is 12.1 Å². The molecule has 0 heterocycles. The Morgan fingerprint density at radius 1 is 1.26 bits per heavy atom. The van der Waals surface area contributed by atoms with Crippen molar-refractivity contribution < 1.29 is 5.11 Å². The maximum Gasteiger partial charge on any atom is 0.115 e. The molecule has 0 aromatic heterocycles. The lowest BCUT2D eigenvalue weighted by Crippen LogP contribution is -2.58. The number of hydrogen-bond acceptors (Lipinski definition) is 2. The molecule has 5 atom stereocenters. The minimum absolute atomic E-state index is 0.364. The molecule has 1 aromatic carbocycles. The Balaban J connectivity index is 1.73. The fourth-order valence-electron chi connectivity index (χ4n) is 6.01. The van der Waals surface area contributed by atoms with Gasteiger partial charge in [-0.25, -0.2) is 0 Å². The second kappa shape index (κ2) is 5.81. The lowest BCUT2D eigenvalue weighted by molar-refractivity contribution is 0.0244. The van der Waals surface area contributed by atoms with Crippen LogP contribution in [0.15, 0.2) is 18.2 Å². The van der Waals surface area contributed by atoms with Crippen LogP contribution in [-0.2, 0) is 11.8 Å². The maximum atomic E-state index is 10.1. The van der Waals surface area contributed by atoms with Crippen LogP contribution in [-0.4, -0.2) is 17.2 Å². The van der Waals surface area contributed by atoms with E-state index in [0.717, 1.165) is 11.8 Å². The summed E-state index contributed by atoms with van der Waals surface area (Å²) in [6.45, 7) is 4.61. The monoisotopic (exact) mass is 313 g/mol. The predicted molar refractivity (Wildman–Crippen MR) is 94.8 cm³/mol. The largest absolute Gasteiger partial charge is 0.508 e. The first-order valence-electron chi connectivity index (χ1n) is 9.72. The Bertz CT molecular complexity index is 583. The SMILES string of the molecule is CC[C@@H](C)NC1CC[C@]23CCCCC2[C@H]1Cc1ccc(O)cc13. The molecule has 3 aliphatic carbocycles. The van der Waals surface area contributed by atoms with Crippen molar-refractivity contribution in [3.63, 3.8) is 0 Å². The number of phenolic OH excluding ortho intramolecular Hbond substituents is 1. The second-order valence-corrected chi connectivity index (χ2v) is 8.34. The van der Waals surface area contributed by atoms with Gasteiger partial charge in [-0.3, -0.25) is 0 Å². The van der Waals surface area contributed by atoms with Crippen molar-refractivity contribution in [1.29, 1.82) is 0 Å². The third-order valence-corrected chi connectivity index (χ3v) is 7.23. The standard InChI is InChI=1S/C21H31NO/c1-3-14(2)22-20-9-11-21-10-5-4-6-18(21)17(20)12-15-7-8-16(23)13-19(15)21/h7-8,13-14,17-18,20,22-23H,3-6,9-12H2,1-2H3/t14-,17-,18?,20?,21-/m1/s1. The summed E-state index contributed by atoms with van der Waals surface area (Å²) in [5.74, 6) is 2.07. The van der Waals surface area contributed by atoms with Gasteiger partial charge < -0.3 is 10.4 Å². The average molecular weight is 313 g/mol. The van der Waals surface area contributed by atoms with Crippen molar-refractivity contribution in [2.24, 2.45) is 11.8 Å². The summed E-state index contributed by atoms with van der Waals surface area (Å²) < 4.78 is 0. The van der Waals surface area contributed by atoms with E-state index < -0.39 is 0 Å². The van der Waals surface area contributed by atoms with Crippen LogP contribution < -0.4 is 5.32 Å². The van der Waals surface area contributed by atoms with Crippen molar-refractivity contribution in [2.75, 3.05) is 0 Å². The molecule has 2 nitrogen and oxygen atoms in total. The van der Waals surface area contributed by atoms with E-state index in [1.807, 2.05) is 6.07 Å². The highest BCUT2D eigenvalue weighted by molar-refractivity contribution is 5.44.